The Balaban J connectivity index is 1.21. The van der Waals surface area contributed by atoms with Gasteiger partial charge in [0.25, 0.3) is 0 Å². The number of benzene rings is 3. The lowest BCUT2D eigenvalue weighted by atomic mass is 9.90. The van der Waals surface area contributed by atoms with E-state index in [-0.39, 0.29) is 22.8 Å². The van der Waals surface area contributed by atoms with E-state index < -0.39 is 0 Å². The van der Waals surface area contributed by atoms with Gasteiger partial charge in [0, 0.05) is 36.1 Å². The van der Waals surface area contributed by atoms with Gasteiger partial charge in [-0.1, -0.05) is 72.3 Å². The van der Waals surface area contributed by atoms with Gasteiger partial charge in [-0.2, -0.15) is 0 Å². The number of fused-ring (bicyclic) bond motifs is 1. The normalized spacial score (nSPS) is 18.8. The van der Waals surface area contributed by atoms with Crippen LogP contribution in [0, 0.1) is 0 Å². The van der Waals surface area contributed by atoms with Gasteiger partial charge in [0.1, 0.15) is 11.0 Å². The molecule has 1 aliphatic rings. The zero-order chi connectivity index (χ0) is 24.9. The van der Waals surface area contributed by atoms with E-state index in [9.17, 15) is 4.79 Å². The first kappa shape index (κ1) is 25.1. The molecule has 1 aliphatic heterocycles. The Morgan fingerprint density at radius 1 is 1.03 bits per heavy atom. The number of hydrogen-bond donors (Lipinski definition) is 2. The van der Waals surface area contributed by atoms with E-state index in [4.69, 9.17) is 23.2 Å². The number of halogens is 2. The minimum absolute atomic E-state index is 0.0313. The van der Waals surface area contributed by atoms with Crippen LogP contribution in [0.4, 0.5) is 5.69 Å². The topological polar surface area (TPSA) is 44.4 Å². The summed E-state index contributed by atoms with van der Waals surface area (Å²) in [5.74, 6) is 0.271. The average Bonchev–Trinajstić information content (AvgIpc) is 3.43. The molecule has 3 unspecified atom stereocenters. The molecule has 3 atom stereocenters. The van der Waals surface area contributed by atoms with Gasteiger partial charge in [0.05, 0.1) is 6.42 Å². The summed E-state index contributed by atoms with van der Waals surface area (Å²) in [6, 6.07) is 27.3. The van der Waals surface area contributed by atoms with Crippen molar-refractivity contribution in [2.45, 2.75) is 29.8 Å². The van der Waals surface area contributed by atoms with E-state index in [0.29, 0.717) is 13.0 Å². The van der Waals surface area contributed by atoms with Crippen LogP contribution in [0.2, 0.25) is 0 Å². The van der Waals surface area contributed by atoms with Gasteiger partial charge in [-0.3, -0.25) is 10.1 Å². The van der Waals surface area contributed by atoms with Crippen LogP contribution < -0.4 is 15.5 Å². The number of piperazine rings is 1. The summed E-state index contributed by atoms with van der Waals surface area (Å²) in [7, 11) is 0. The summed E-state index contributed by atoms with van der Waals surface area (Å²) in [6.45, 7) is 2.20. The van der Waals surface area contributed by atoms with Crippen LogP contribution in [0.15, 0.2) is 84.2 Å². The number of hydrogen-bond acceptors (Lipinski definition) is 4. The van der Waals surface area contributed by atoms with Gasteiger partial charge >= 0.3 is 0 Å². The Hall–Kier alpha value is -2.57. The summed E-state index contributed by atoms with van der Waals surface area (Å²) in [4.78, 5) is 16.1. The lowest BCUT2D eigenvalue weighted by Crippen LogP contribution is -2.53. The van der Waals surface area contributed by atoms with Crippen LogP contribution in [0.1, 0.15) is 28.3 Å². The summed E-state index contributed by atoms with van der Waals surface area (Å²) < 4.78 is 0. The van der Waals surface area contributed by atoms with E-state index in [1.54, 1.807) is 11.3 Å². The molecule has 36 heavy (non-hydrogen) atoms. The third kappa shape index (κ3) is 5.70. The van der Waals surface area contributed by atoms with Crippen LogP contribution in [0.5, 0.6) is 0 Å². The zero-order valence-electron chi connectivity index (χ0n) is 19.9. The highest BCUT2D eigenvalue weighted by molar-refractivity contribution is 7.10. The lowest BCUT2D eigenvalue weighted by molar-refractivity contribution is -0.120. The molecule has 3 aromatic carbocycles. The standard InChI is InChI=1S/C29H29Cl2N3OS/c30-28-29(31)34(17-16-33-28)22-12-10-20(11-13-22)19-27(35)32-15-14-25(26-9-4-18-36-26)24-8-3-6-21-5-1-2-7-23(21)24/h1-13,18,25,28-29,33H,14-17,19H2,(H,32,35). The number of anilines is 1. The maximum atomic E-state index is 12.7. The molecule has 0 spiro atoms. The molecule has 1 aromatic heterocycles. The fourth-order valence-electron chi connectivity index (χ4n) is 4.88. The predicted molar refractivity (Wildman–Crippen MR) is 153 cm³/mol. The van der Waals surface area contributed by atoms with E-state index in [1.165, 1.54) is 21.2 Å². The minimum atomic E-state index is -0.312. The Morgan fingerprint density at radius 3 is 2.64 bits per heavy atom. The second-order valence-corrected chi connectivity index (χ2v) is 10.9. The van der Waals surface area contributed by atoms with Crippen molar-refractivity contribution in [1.29, 1.82) is 0 Å². The summed E-state index contributed by atoms with van der Waals surface area (Å²) in [5, 5.41) is 10.9. The number of nitrogens with one attached hydrogen (secondary N) is 2. The SMILES string of the molecule is O=C(Cc1ccc(N2CCNC(Cl)C2Cl)cc1)NCCC(c1cccs1)c1cccc2ccccc12. The molecule has 0 aliphatic carbocycles. The van der Waals surface area contributed by atoms with Gasteiger partial charge < -0.3 is 10.2 Å². The zero-order valence-corrected chi connectivity index (χ0v) is 22.2. The first-order valence-corrected chi connectivity index (χ1v) is 14.0. The molecule has 2 heterocycles. The molecule has 1 amide bonds. The highest BCUT2D eigenvalue weighted by Gasteiger charge is 2.28. The average molecular weight is 539 g/mol. The first-order chi connectivity index (χ1) is 17.6. The van der Waals surface area contributed by atoms with E-state index in [2.05, 4.69) is 75.5 Å². The monoisotopic (exact) mass is 537 g/mol. The number of carbonyl (C=O) groups is 1. The number of nitrogens with zero attached hydrogens (tertiary/aromatic N) is 1. The van der Waals surface area contributed by atoms with Crippen molar-refractivity contribution in [3.63, 3.8) is 0 Å². The Labute approximate surface area is 226 Å². The second-order valence-electron chi connectivity index (χ2n) is 9.04. The van der Waals surface area contributed by atoms with Crippen molar-refractivity contribution in [2.75, 3.05) is 24.5 Å². The Morgan fingerprint density at radius 2 is 1.83 bits per heavy atom. The molecule has 1 saturated heterocycles. The third-order valence-electron chi connectivity index (χ3n) is 6.70. The van der Waals surface area contributed by atoms with Crippen molar-refractivity contribution in [2.24, 2.45) is 0 Å². The van der Waals surface area contributed by atoms with E-state index in [1.807, 2.05) is 24.3 Å². The quantitative estimate of drug-likeness (QED) is 0.204. The predicted octanol–water partition coefficient (Wildman–Crippen LogP) is 6.32. The van der Waals surface area contributed by atoms with Crippen molar-refractivity contribution in [3.05, 3.63) is 100 Å². The highest BCUT2D eigenvalue weighted by atomic mass is 35.5. The molecule has 5 rings (SSSR count). The molecule has 0 radical (unpaired) electrons. The molecule has 4 aromatic rings. The molecular weight excluding hydrogens is 509 g/mol. The maximum Gasteiger partial charge on any atom is 0.224 e. The molecule has 186 valence electrons. The van der Waals surface area contributed by atoms with Crippen LogP contribution in [-0.4, -0.2) is 36.5 Å². The minimum Gasteiger partial charge on any atom is -0.356 e. The fourth-order valence-corrected chi connectivity index (χ4v) is 6.30. The highest BCUT2D eigenvalue weighted by Crippen LogP contribution is 2.35. The van der Waals surface area contributed by atoms with Crippen LogP contribution in [0.3, 0.4) is 0 Å². The molecule has 2 N–H and O–H groups in total. The van der Waals surface area contributed by atoms with Gasteiger partial charge in [-0.05, 0) is 51.9 Å². The molecule has 0 saturated carbocycles. The number of alkyl halides is 2. The molecule has 1 fully saturated rings. The Kier molecular flexibility index (Phi) is 8.12. The largest absolute Gasteiger partial charge is 0.356 e. The molecule has 7 heteroatoms. The van der Waals surface area contributed by atoms with Gasteiger partial charge in [-0.25, -0.2) is 0 Å². The smallest absolute Gasteiger partial charge is 0.224 e. The molecular formula is C29H29Cl2N3OS. The molecule has 4 nitrogen and oxygen atoms in total. The van der Waals surface area contributed by atoms with E-state index >= 15 is 0 Å². The van der Waals surface area contributed by atoms with E-state index in [0.717, 1.165) is 30.8 Å². The van der Waals surface area contributed by atoms with Gasteiger partial charge in [-0.15, -0.1) is 22.9 Å². The van der Waals surface area contributed by atoms with Crippen molar-refractivity contribution < 1.29 is 4.79 Å². The summed E-state index contributed by atoms with van der Waals surface area (Å²) in [5.41, 5.74) is 2.69. The first-order valence-electron chi connectivity index (χ1n) is 12.2. The van der Waals surface area contributed by atoms with Crippen molar-refractivity contribution >= 4 is 56.9 Å². The second kappa shape index (κ2) is 11.7. The fraction of sp³-hybridized carbons (Fsp3) is 0.276. The summed E-state index contributed by atoms with van der Waals surface area (Å²) in [6.07, 6.45) is 1.20. The number of thiophene rings is 1. The third-order valence-corrected chi connectivity index (χ3v) is 8.70. The van der Waals surface area contributed by atoms with Crippen LogP contribution >= 0.6 is 34.5 Å². The maximum absolute atomic E-state index is 12.7. The van der Waals surface area contributed by atoms with Crippen molar-refractivity contribution in [3.8, 4) is 0 Å². The number of rotatable bonds is 8. The Bertz CT molecular complexity index is 1290. The number of carbonyl (C=O) groups excluding carboxylic acids is 1. The number of amides is 1. The van der Waals surface area contributed by atoms with Crippen molar-refractivity contribution in [1.82, 2.24) is 10.6 Å². The summed E-state index contributed by atoms with van der Waals surface area (Å²) >= 11 is 14.5. The lowest BCUT2D eigenvalue weighted by Gasteiger charge is -2.37. The van der Waals surface area contributed by atoms with Crippen LogP contribution in [-0.2, 0) is 11.2 Å². The molecule has 0 bridgehead atoms. The van der Waals surface area contributed by atoms with Crippen LogP contribution in [0.25, 0.3) is 10.8 Å². The van der Waals surface area contributed by atoms with Gasteiger partial charge in [0.15, 0.2) is 0 Å². The van der Waals surface area contributed by atoms with Gasteiger partial charge in [0.2, 0.25) is 5.91 Å².